The van der Waals surface area contributed by atoms with Crippen molar-refractivity contribution >= 4 is 0 Å². The molecule has 182 valence electrons. The molecular weight excluding hydrogens is 445 g/mol. The predicted molar refractivity (Wildman–Crippen MR) is 117 cm³/mol. The van der Waals surface area contributed by atoms with Crippen molar-refractivity contribution in [3.05, 3.63) is 57.7 Å². The van der Waals surface area contributed by atoms with Gasteiger partial charge in [0.25, 0.3) is 0 Å². The van der Waals surface area contributed by atoms with Crippen LogP contribution in [0.2, 0.25) is 0 Å². The summed E-state index contributed by atoms with van der Waals surface area (Å²) in [6.45, 7) is 5.23. The van der Waals surface area contributed by atoms with Crippen LogP contribution < -0.4 is 0 Å². The molecule has 4 heterocycles. The van der Waals surface area contributed by atoms with Crippen LogP contribution in [0.5, 0.6) is 0 Å². The minimum Gasteiger partial charge on any atom is -0.388 e. The number of pyridine rings is 2. The molecule has 1 saturated carbocycles. The summed E-state index contributed by atoms with van der Waals surface area (Å²) < 4.78 is 51.9. The topological polar surface area (TPSA) is 64.5 Å². The van der Waals surface area contributed by atoms with E-state index in [2.05, 4.69) is 18.8 Å². The summed E-state index contributed by atoms with van der Waals surface area (Å²) in [5, 5.41) is 11.4. The maximum atomic E-state index is 13.1. The second-order valence-corrected chi connectivity index (χ2v) is 10.8. The fraction of sp³-hybridized carbons (Fsp3) is 0.615. The van der Waals surface area contributed by atoms with Gasteiger partial charge in [-0.3, -0.25) is 9.97 Å². The van der Waals surface area contributed by atoms with E-state index in [0.29, 0.717) is 31.6 Å². The number of nitrogens with zero attached hydrogens (tertiary/aromatic N) is 2. The van der Waals surface area contributed by atoms with E-state index < -0.39 is 29.7 Å². The minimum atomic E-state index is -4.50. The SMILES string of the molecule is CC(C)c1nc2c(c3c1[C@H](c1ccc(C(F)(F)F)nc1)OC31CCOCC1)C(O)CC1(CC1)C2. The van der Waals surface area contributed by atoms with Crippen molar-refractivity contribution in [2.24, 2.45) is 5.41 Å². The Morgan fingerprint density at radius 1 is 1.09 bits per heavy atom. The maximum absolute atomic E-state index is 13.1. The first-order chi connectivity index (χ1) is 16.1. The first-order valence-corrected chi connectivity index (χ1v) is 12.2. The highest BCUT2D eigenvalue weighted by Gasteiger charge is 2.55. The molecule has 1 unspecified atom stereocenters. The smallest absolute Gasteiger partial charge is 0.388 e. The van der Waals surface area contributed by atoms with Crippen molar-refractivity contribution in [3.8, 4) is 0 Å². The predicted octanol–water partition coefficient (Wildman–Crippen LogP) is 5.50. The van der Waals surface area contributed by atoms with E-state index in [1.807, 2.05) is 0 Å². The molecule has 2 aromatic heterocycles. The van der Waals surface area contributed by atoms with Gasteiger partial charge in [0.1, 0.15) is 11.8 Å². The lowest BCUT2D eigenvalue weighted by Gasteiger charge is -2.38. The van der Waals surface area contributed by atoms with Gasteiger partial charge in [0, 0.05) is 60.3 Å². The molecule has 2 aliphatic carbocycles. The maximum Gasteiger partial charge on any atom is 0.433 e. The zero-order chi connectivity index (χ0) is 23.9. The molecule has 2 aliphatic heterocycles. The van der Waals surface area contributed by atoms with Gasteiger partial charge < -0.3 is 14.6 Å². The van der Waals surface area contributed by atoms with Crippen LogP contribution in [0.1, 0.15) is 103 Å². The van der Waals surface area contributed by atoms with Gasteiger partial charge in [-0.15, -0.1) is 0 Å². The first-order valence-electron chi connectivity index (χ1n) is 12.2. The number of halogens is 3. The van der Waals surface area contributed by atoms with Crippen LogP contribution in [0.25, 0.3) is 0 Å². The normalized spacial score (nSPS) is 26.7. The molecule has 0 aromatic carbocycles. The van der Waals surface area contributed by atoms with E-state index in [-0.39, 0.29) is 11.3 Å². The van der Waals surface area contributed by atoms with E-state index in [0.717, 1.165) is 59.8 Å². The molecule has 2 spiro atoms. The Labute approximate surface area is 196 Å². The molecule has 0 radical (unpaired) electrons. The third-order valence-corrected chi connectivity index (χ3v) is 8.13. The third-order valence-electron chi connectivity index (χ3n) is 8.13. The van der Waals surface area contributed by atoms with E-state index in [4.69, 9.17) is 14.5 Å². The Morgan fingerprint density at radius 3 is 2.41 bits per heavy atom. The van der Waals surface area contributed by atoms with Crippen molar-refractivity contribution in [2.45, 2.75) is 82.3 Å². The molecule has 8 heteroatoms. The Morgan fingerprint density at radius 2 is 1.82 bits per heavy atom. The van der Waals surface area contributed by atoms with Crippen LogP contribution in [0.4, 0.5) is 13.2 Å². The molecule has 2 atom stereocenters. The van der Waals surface area contributed by atoms with E-state index in [9.17, 15) is 18.3 Å². The third kappa shape index (κ3) is 3.40. The highest BCUT2D eigenvalue weighted by atomic mass is 19.4. The average molecular weight is 475 g/mol. The largest absolute Gasteiger partial charge is 0.433 e. The second kappa shape index (κ2) is 7.48. The summed E-state index contributed by atoms with van der Waals surface area (Å²) in [5.41, 5.74) is 3.86. The standard InChI is InChI=1S/C26H29F3N2O3/c1-14(2)22-20-21(19-16(31-22)11-24(5-6-24)12-17(19)32)25(7-9-33-10-8-25)34-23(20)15-3-4-18(30-13-15)26(27,28)29/h3-4,13-14,17,23,32H,5-12H2,1-2H3/t17?,23-/m0/s1. The second-order valence-electron chi connectivity index (χ2n) is 10.8. The van der Waals surface area contributed by atoms with Gasteiger partial charge in [0.2, 0.25) is 0 Å². The molecule has 5 nitrogen and oxygen atoms in total. The van der Waals surface area contributed by atoms with Gasteiger partial charge in [-0.1, -0.05) is 19.9 Å². The Kier molecular flexibility index (Phi) is 4.94. The summed E-state index contributed by atoms with van der Waals surface area (Å²) in [6, 6.07) is 2.47. The van der Waals surface area contributed by atoms with Gasteiger partial charge in [-0.05, 0) is 48.6 Å². The molecule has 0 amide bonds. The van der Waals surface area contributed by atoms with Crippen LogP contribution in [-0.4, -0.2) is 28.3 Å². The Hall–Kier alpha value is -2.03. The number of hydrogen-bond acceptors (Lipinski definition) is 5. The van der Waals surface area contributed by atoms with Gasteiger partial charge >= 0.3 is 6.18 Å². The number of hydrogen-bond donors (Lipinski definition) is 1. The lowest BCUT2D eigenvalue weighted by molar-refractivity contribution is -0.141. The summed E-state index contributed by atoms with van der Waals surface area (Å²) in [5.74, 6) is 0.0942. The lowest BCUT2D eigenvalue weighted by Crippen LogP contribution is -2.36. The molecule has 2 aromatic rings. The molecule has 4 aliphatic rings. The lowest BCUT2D eigenvalue weighted by atomic mass is 9.73. The van der Waals surface area contributed by atoms with Crippen molar-refractivity contribution in [1.29, 1.82) is 0 Å². The average Bonchev–Trinajstić information content (AvgIpc) is 3.46. The van der Waals surface area contributed by atoms with Crippen molar-refractivity contribution in [3.63, 3.8) is 0 Å². The Bertz CT molecular complexity index is 1120. The number of aromatic nitrogens is 2. The molecule has 2 fully saturated rings. The van der Waals surface area contributed by atoms with Gasteiger partial charge in [0.15, 0.2) is 0 Å². The number of rotatable bonds is 2. The molecule has 1 N–H and O–H groups in total. The molecule has 1 saturated heterocycles. The number of fused-ring (bicyclic) bond motifs is 4. The monoisotopic (exact) mass is 474 g/mol. The fourth-order valence-corrected chi connectivity index (χ4v) is 6.25. The van der Waals surface area contributed by atoms with Crippen molar-refractivity contribution in [2.75, 3.05) is 13.2 Å². The molecule has 6 rings (SSSR count). The van der Waals surface area contributed by atoms with Crippen LogP contribution >= 0.6 is 0 Å². The first kappa shape index (κ1) is 22.4. The number of alkyl halides is 3. The summed E-state index contributed by atoms with van der Waals surface area (Å²) >= 11 is 0. The zero-order valence-electron chi connectivity index (χ0n) is 19.4. The van der Waals surface area contributed by atoms with Crippen molar-refractivity contribution < 1.29 is 27.8 Å². The van der Waals surface area contributed by atoms with Gasteiger partial charge in [-0.25, -0.2) is 0 Å². The zero-order valence-corrected chi connectivity index (χ0v) is 19.4. The Balaban J connectivity index is 1.56. The van der Waals surface area contributed by atoms with E-state index in [1.165, 1.54) is 12.3 Å². The molecule has 0 bridgehead atoms. The molecular formula is C26H29F3N2O3. The highest BCUT2D eigenvalue weighted by Crippen LogP contribution is 2.62. The summed E-state index contributed by atoms with van der Waals surface area (Å²) in [4.78, 5) is 8.82. The van der Waals surface area contributed by atoms with Crippen LogP contribution in [0, 0.1) is 5.41 Å². The van der Waals surface area contributed by atoms with E-state index in [1.54, 1.807) is 0 Å². The van der Waals surface area contributed by atoms with Crippen LogP contribution in [0.15, 0.2) is 18.3 Å². The number of ether oxygens (including phenoxy) is 2. The highest BCUT2D eigenvalue weighted by molar-refractivity contribution is 5.54. The van der Waals surface area contributed by atoms with Crippen LogP contribution in [0.3, 0.4) is 0 Å². The summed E-state index contributed by atoms with van der Waals surface area (Å²) in [6.07, 6.45) is 0.690. The summed E-state index contributed by atoms with van der Waals surface area (Å²) in [7, 11) is 0. The minimum absolute atomic E-state index is 0.0942. The fourth-order valence-electron chi connectivity index (χ4n) is 6.25. The van der Waals surface area contributed by atoms with E-state index >= 15 is 0 Å². The number of aliphatic hydroxyl groups excluding tert-OH is 1. The number of aliphatic hydroxyl groups is 1. The van der Waals surface area contributed by atoms with Crippen molar-refractivity contribution in [1.82, 2.24) is 9.97 Å². The van der Waals surface area contributed by atoms with Gasteiger partial charge in [-0.2, -0.15) is 13.2 Å². The van der Waals surface area contributed by atoms with Gasteiger partial charge in [0.05, 0.1) is 11.7 Å². The quantitative estimate of drug-likeness (QED) is 0.622. The molecule has 34 heavy (non-hydrogen) atoms. The van der Waals surface area contributed by atoms with Crippen LogP contribution in [-0.2, 0) is 27.7 Å².